The highest BCUT2D eigenvalue weighted by Crippen LogP contribution is 2.36. The molecule has 1 heterocycles. The van der Waals surface area contributed by atoms with Crippen LogP contribution < -0.4 is 14.8 Å². The molecule has 1 fully saturated rings. The van der Waals surface area contributed by atoms with Crippen LogP contribution in [-0.4, -0.2) is 45.2 Å². The lowest BCUT2D eigenvalue weighted by atomic mass is 9.97. The number of alkyl halides is 3. The molecule has 0 atom stereocenters. The van der Waals surface area contributed by atoms with Crippen LogP contribution in [0.4, 0.5) is 13.2 Å². The van der Waals surface area contributed by atoms with E-state index in [1.807, 2.05) is 0 Å². The maximum atomic E-state index is 13.4. The average Bonchev–Trinajstić information content (AvgIpc) is 2.75. The van der Waals surface area contributed by atoms with Crippen LogP contribution >= 0.6 is 12.4 Å². The molecule has 0 unspecified atom stereocenters. The van der Waals surface area contributed by atoms with Gasteiger partial charge in [0.1, 0.15) is 17.2 Å². The van der Waals surface area contributed by atoms with Crippen molar-refractivity contribution >= 4 is 28.2 Å². The van der Waals surface area contributed by atoms with Gasteiger partial charge in [-0.2, -0.15) is 0 Å². The van der Waals surface area contributed by atoms with E-state index in [-0.39, 0.29) is 48.3 Å². The summed E-state index contributed by atoms with van der Waals surface area (Å²) < 4.78 is 76.2. The molecule has 0 saturated carbocycles. The second kappa shape index (κ2) is 10.6. The highest BCUT2D eigenvalue weighted by atomic mass is 35.5. The van der Waals surface area contributed by atoms with Crippen LogP contribution in [0.25, 0.3) is 0 Å². The fraction of sp³-hybridized carbons (Fsp3) is 0.381. The molecule has 33 heavy (non-hydrogen) atoms. The second-order valence-corrected chi connectivity index (χ2v) is 9.32. The van der Waals surface area contributed by atoms with E-state index in [1.54, 1.807) is 6.92 Å². The first-order valence-electron chi connectivity index (χ1n) is 9.84. The van der Waals surface area contributed by atoms with Gasteiger partial charge in [-0.25, -0.2) is 8.42 Å². The third kappa shape index (κ3) is 6.10. The van der Waals surface area contributed by atoms with Gasteiger partial charge in [0, 0.05) is 0 Å². The van der Waals surface area contributed by atoms with Crippen molar-refractivity contribution in [3.63, 3.8) is 0 Å². The molecular weight excluding hydrogens is 487 g/mol. The predicted octanol–water partition coefficient (Wildman–Crippen LogP) is 4.26. The number of carbonyl (C=O) groups excluding carboxylic acids is 1. The van der Waals surface area contributed by atoms with E-state index >= 15 is 0 Å². The highest BCUT2D eigenvalue weighted by Gasteiger charge is 2.53. The van der Waals surface area contributed by atoms with E-state index in [2.05, 4.69) is 10.1 Å². The maximum Gasteiger partial charge on any atom is 0.573 e. The number of hydrogen-bond acceptors (Lipinski definition) is 7. The Morgan fingerprint density at radius 1 is 0.970 bits per heavy atom. The van der Waals surface area contributed by atoms with Crippen LogP contribution in [0.5, 0.6) is 17.2 Å². The Bertz CT molecular complexity index is 1040. The number of ether oxygens (including phenoxy) is 3. The first-order valence-corrected chi connectivity index (χ1v) is 11.3. The maximum absolute atomic E-state index is 13.4. The lowest BCUT2D eigenvalue weighted by molar-refractivity contribution is -0.274. The minimum atomic E-state index is -4.79. The van der Waals surface area contributed by atoms with Crippen molar-refractivity contribution in [2.24, 2.45) is 0 Å². The zero-order valence-corrected chi connectivity index (χ0v) is 19.2. The standard InChI is InChI=1S/C21H22F3NO6S.ClH/c1-2-29-19(26)20(11-13-25-14-12-20)32(27,28)18-9-7-16(8-10-18)30-15-3-5-17(6-4-15)31-21(22,23)24;/h3-10,25H,2,11-14H2,1H3;1H. The van der Waals surface area contributed by atoms with E-state index in [0.29, 0.717) is 13.1 Å². The first kappa shape index (κ1) is 26.7. The van der Waals surface area contributed by atoms with Crippen LogP contribution in [0.2, 0.25) is 0 Å². The van der Waals surface area contributed by atoms with Crippen molar-refractivity contribution in [3.8, 4) is 17.2 Å². The molecule has 0 radical (unpaired) electrons. The molecule has 182 valence electrons. The lowest BCUT2D eigenvalue weighted by Gasteiger charge is -2.34. The Kier molecular flexibility index (Phi) is 8.61. The van der Waals surface area contributed by atoms with Gasteiger partial charge in [0.2, 0.25) is 0 Å². The number of halogens is 4. The number of hydrogen-bond donors (Lipinski definition) is 1. The van der Waals surface area contributed by atoms with Gasteiger partial charge in [0.15, 0.2) is 14.6 Å². The van der Waals surface area contributed by atoms with Gasteiger partial charge in [-0.1, -0.05) is 0 Å². The molecule has 1 N–H and O–H groups in total. The molecule has 12 heteroatoms. The number of rotatable bonds is 7. The number of nitrogens with one attached hydrogen (secondary N) is 1. The number of sulfone groups is 1. The summed E-state index contributed by atoms with van der Waals surface area (Å²) >= 11 is 0. The van der Waals surface area contributed by atoms with Crippen LogP contribution in [0.3, 0.4) is 0 Å². The molecule has 0 aromatic heterocycles. The summed E-state index contributed by atoms with van der Waals surface area (Å²) in [6, 6.07) is 10.3. The Balaban J connectivity index is 0.00000385. The predicted molar refractivity (Wildman–Crippen MR) is 116 cm³/mol. The molecule has 0 amide bonds. The van der Waals surface area contributed by atoms with E-state index < -0.39 is 32.7 Å². The number of carbonyl (C=O) groups is 1. The van der Waals surface area contributed by atoms with Crippen molar-refractivity contribution in [2.45, 2.75) is 35.8 Å². The fourth-order valence-corrected chi connectivity index (χ4v) is 5.40. The van der Waals surface area contributed by atoms with Gasteiger partial charge in [-0.05, 0) is 81.4 Å². The quantitative estimate of drug-likeness (QED) is 0.558. The molecule has 0 bridgehead atoms. The molecule has 3 rings (SSSR count). The van der Waals surface area contributed by atoms with Crippen molar-refractivity contribution in [1.29, 1.82) is 0 Å². The molecule has 2 aromatic carbocycles. The number of piperidine rings is 1. The molecule has 1 aliphatic heterocycles. The molecular formula is C21H23ClF3NO6S. The Labute approximate surface area is 195 Å². The van der Waals surface area contributed by atoms with Gasteiger partial charge >= 0.3 is 12.3 Å². The second-order valence-electron chi connectivity index (χ2n) is 7.06. The van der Waals surface area contributed by atoms with E-state index in [4.69, 9.17) is 9.47 Å². The molecule has 0 spiro atoms. The zero-order valence-electron chi connectivity index (χ0n) is 17.6. The summed E-state index contributed by atoms with van der Waals surface area (Å²) in [7, 11) is -4.05. The molecule has 0 aliphatic carbocycles. The van der Waals surface area contributed by atoms with E-state index in [1.165, 1.54) is 36.4 Å². The summed E-state index contributed by atoms with van der Waals surface area (Å²) in [5, 5.41) is 3.05. The molecule has 1 aliphatic rings. The van der Waals surface area contributed by atoms with Crippen LogP contribution in [0.15, 0.2) is 53.4 Å². The fourth-order valence-electron chi connectivity index (χ4n) is 3.43. The lowest BCUT2D eigenvalue weighted by Crippen LogP contribution is -2.54. The first-order chi connectivity index (χ1) is 15.1. The van der Waals surface area contributed by atoms with Crippen LogP contribution in [0.1, 0.15) is 19.8 Å². The largest absolute Gasteiger partial charge is 0.573 e. The normalized spacial score (nSPS) is 15.8. The Hall–Kier alpha value is -2.50. The Morgan fingerprint density at radius 2 is 1.45 bits per heavy atom. The molecule has 1 saturated heterocycles. The highest BCUT2D eigenvalue weighted by molar-refractivity contribution is 7.93. The number of benzene rings is 2. The van der Waals surface area contributed by atoms with E-state index in [9.17, 15) is 26.4 Å². The summed E-state index contributed by atoms with van der Waals surface area (Å²) in [4.78, 5) is 12.6. The van der Waals surface area contributed by atoms with Gasteiger partial charge < -0.3 is 19.5 Å². The van der Waals surface area contributed by atoms with Crippen molar-refractivity contribution < 1.29 is 40.6 Å². The van der Waals surface area contributed by atoms with Gasteiger partial charge in [-0.15, -0.1) is 25.6 Å². The van der Waals surface area contributed by atoms with Crippen molar-refractivity contribution in [1.82, 2.24) is 5.32 Å². The third-order valence-electron chi connectivity index (χ3n) is 5.00. The average molecular weight is 510 g/mol. The summed E-state index contributed by atoms with van der Waals surface area (Å²) in [5.41, 5.74) is 0. The summed E-state index contributed by atoms with van der Waals surface area (Å²) in [6.45, 7) is 2.43. The summed E-state index contributed by atoms with van der Waals surface area (Å²) in [6.07, 6.45) is -4.60. The van der Waals surface area contributed by atoms with Crippen LogP contribution in [-0.2, 0) is 19.4 Å². The third-order valence-corrected chi connectivity index (χ3v) is 7.50. The zero-order chi connectivity index (χ0) is 23.4. The van der Waals surface area contributed by atoms with Gasteiger partial charge in [0.25, 0.3) is 0 Å². The Morgan fingerprint density at radius 3 is 1.94 bits per heavy atom. The topological polar surface area (TPSA) is 90.9 Å². The van der Waals surface area contributed by atoms with Crippen molar-refractivity contribution in [3.05, 3.63) is 48.5 Å². The smallest absolute Gasteiger partial charge is 0.465 e. The van der Waals surface area contributed by atoms with E-state index in [0.717, 1.165) is 12.1 Å². The van der Waals surface area contributed by atoms with Gasteiger partial charge in [0.05, 0.1) is 11.5 Å². The molecule has 2 aromatic rings. The monoisotopic (exact) mass is 509 g/mol. The summed E-state index contributed by atoms with van der Waals surface area (Å²) in [5.74, 6) is -0.652. The minimum absolute atomic E-state index is 0. The molecule has 7 nitrogen and oxygen atoms in total. The van der Waals surface area contributed by atoms with Crippen molar-refractivity contribution in [2.75, 3.05) is 19.7 Å². The minimum Gasteiger partial charge on any atom is -0.465 e. The number of esters is 1. The van der Waals surface area contributed by atoms with Gasteiger partial charge in [-0.3, -0.25) is 4.79 Å². The SMILES string of the molecule is CCOC(=O)C1(S(=O)(=O)c2ccc(Oc3ccc(OC(F)(F)F)cc3)cc2)CCNCC1.Cl. The van der Waals surface area contributed by atoms with Crippen LogP contribution in [0, 0.1) is 0 Å².